The van der Waals surface area contributed by atoms with Crippen molar-refractivity contribution in [2.45, 2.75) is 13.3 Å². The summed E-state index contributed by atoms with van der Waals surface area (Å²) < 4.78 is 25.9. The summed E-state index contributed by atoms with van der Waals surface area (Å²) in [5, 5.41) is 11.7. The van der Waals surface area contributed by atoms with Crippen molar-refractivity contribution in [2.75, 3.05) is 6.61 Å². The van der Waals surface area contributed by atoms with Crippen LogP contribution < -0.4 is 0 Å². The van der Waals surface area contributed by atoms with Crippen LogP contribution in [0.1, 0.15) is 11.9 Å². The molecule has 1 aromatic carbocycles. The topological polar surface area (TPSA) is 33.1 Å². The highest BCUT2D eigenvalue weighted by Gasteiger charge is 2.10. The van der Waals surface area contributed by atoms with Gasteiger partial charge in [0.05, 0.1) is 10.7 Å². The van der Waals surface area contributed by atoms with Crippen LogP contribution in [0.4, 0.5) is 8.78 Å². The Bertz CT molecular complexity index is 542. The molecule has 18 heavy (non-hydrogen) atoms. The molecule has 1 N–H and O–H groups in total. The maximum atomic E-state index is 13.1. The van der Waals surface area contributed by atoms with Crippen molar-refractivity contribution in [2.24, 2.45) is 5.92 Å². The zero-order chi connectivity index (χ0) is 13.1. The molecule has 0 amide bonds. The second-order valence-electron chi connectivity index (χ2n) is 4.25. The number of hydrogen-bond acceptors (Lipinski definition) is 3. The van der Waals surface area contributed by atoms with E-state index < -0.39 is 11.6 Å². The van der Waals surface area contributed by atoms with Gasteiger partial charge in [-0.05, 0) is 24.1 Å². The van der Waals surface area contributed by atoms with Gasteiger partial charge in [-0.2, -0.15) is 0 Å². The fourth-order valence-electron chi connectivity index (χ4n) is 1.56. The lowest BCUT2D eigenvalue weighted by Crippen LogP contribution is -2.04. The van der Waals surface area contributed by atoms with E-state index in [0.717, 1.165) is 17.1 Å². The Labute approximate surface area is 108 Å². The largest absolute Gasteiger partial charge is 0.396 e. The van der Waals surface area contributed by atoms with Gasteiger partial charge in [-0.25, -0.2) is 13.8 Å². The van der Waals surface area contributed by atoms with E-state index in [-0.39, 0.29) is 12.5 Å². The van der Waals surface area contributed by atoms with Crippen molar-refractivity contribution in [3.05, 3.63) is 40.2 Å². The molecule has 5 heteroatoms. The minimum atomic E-state index is -0.870. The van der Waals surface area contributed by atoms with Crippen LogP contribution in [0.15, 0.2) is 23.6 Å². The van der Waals surface area contributed by atoms with Crippen molar-refractivity contribution >= 4 is 11.3 Å². The van der Waals surface area contributed by atoms with Gasteiger partial charge in [0.2, 0.25) is 0 Å². The molecular formula is C13H13F2NOS. The molecule has 1 atom stereocenters. The van der Waals surface area contributed by atoms with Crippen molar-refractivity contribution in [3.8, 4) is 11.3 Å². The summed E-state index contributed by atoms with van der Waals surface area (Å²) in [6, 6.07) is 3.75. The molecule has 2 rings (SSSR count). The number of benzene rings is 1. The zero-order valence-electron chi connectivity index (χ0n) is 9.86. The maximum Gasteiger partial charge on any atom is 0.159 e. The van der Waals surface area contributed by atoms with Crippen LogP contribution >= 0.6 is 11.3 Å². The number of aliphatic hydroxyl groups is 1. The highest BCUT2D eigenvalue weighted by atomic mass is 32.1. The Morgan fingerprint density at radius 1 is 1.33 bits per heavy atom. The molecule has 0 aliphatic rings. The molecule has 0 bridgehead atoms. The Hall–Kier alpha value is -1.33. The minimum absolute atomic E-state index is 0.111. The molecule has 0 aliphatic carbocycles. The fraction of sp³-hybridized carbons (Fsp3) is 0.308. The van der Waals surface area contributed by atoms with E-state index in [0.29, 0.717) is 17.7 Å². The van der Waals surface area contributed by atoms with E-state index >= 15 is 0 Å². The lowest BCUT2D eigenvalue weighted by atomic mass is 10.1. The molecule has 0 fully saturated rings. The lowest BCUT2D eigenvalue weighted by molar-refractivity contribution is 0.237. The van der Waals surface area contributed by atoms with E-state index in [2.05, 4.69) is 4.98 Å². The first-order valence-corrected chi connectivity index (χ1v) is 6.48. The highest BCUT2D eigenvalue weighted by molar-refractivity contribution is 7.09. The number of thiazole rings is 1. The molecule has 1 unspecified atom stereocenters. The average molecular weight is 269 g/mol. The summed E-state index contributed by atoms with van der Waals surface area (Å²) in [6.45, 7) is 2.04. The molecule has 2 aromatic rings. The summed E-state index contributed by atoms with van der Waals surface area (Å²) in [5.41, 5.74) is 1.20. The summed E-state index contributed by atoms with van der Waals surface area (Å²) in [7, 11) is 0. The summed E-state index contributed by atoms with van der Waals surface area (Å²) in [6.07, 6.45) is 0.685. The van der Waals surface area contributed by atoms with Crippen molar-refractivity contribution in [3.63, 3.8) is 0 Å². The first-order chi connectivity index (χ1) is 8.60. The number of aliphatic hydroxyl groups excluding tert-OH is 1. The molecule has 0 spiro atoms. The standard InChI is InChI=1S/C13H13F2NOS/c1-8(6-17)4-13-16-12(7-18-13)9-2-3-10(14)11(15)5-9/h2-3,5,7-8,17H,4,6H2,1H3. The molecule has 1 aromatic heterocycles. The Morgan fingerprint density at radius 2 is 2.11 bits per heavy atom. The van der Waals surface area contributed by atoms with Crippen molar-refractivity contribution in [1.29, 1.82) is 0 Å². The van der Waals surface area contributed by atoms with E-state index in [1.165, 1.54) is 17.4 Å². The van der Waals surface area contributed by atoms with Crippen molar-refractivity contribution in [1.82, 2.24) is 4.98 Å². The molecular weight excluding hydrogens is 256 g/mol. The van der Waals surface area contributed by atoms with Gasteiger partial charge in [0.15, 0.2) is 11.6 Å². The lowest BCUT2D eigenvalue weighted by Gasteiger charge is -2.03. The van der Waals surface area contributed by atoms with E-state index in [1.807, 2.05) is 12.3 Å². The molecule has 1 heterocycles. The first-order valence-electron chi connectivity index (χ1n) is 5.61. The number of rotatable bonds is 4. The second-order valence-corrected chi connectivity index (χ2v) is 5.19. The van der Waals surface area contributed by atoms with Crippen LogP contribution in [0.25, 0.3) is 11.3 Å². The van der Waals surface area contributed by atoms with Crippen LogP contribution in [0.2, 0.25) is 0 Å². The smallest absolute Gasteiger partial charge is 0.159 e. The molecule has 0 radical (unpaired) electrons. The molecule has 0 saturated heterocycles. The number of halogens is 2. The average Bonchev–Trinajstić information content (AvgIpc) is 2.81. The number of aromatic nitrogens is 1. The van der Waals surface area contributed by atoms with Gasteiger partial charge < -0.3 is 5.11 Å². The van der Waals surface area contributed by atoms with Gasteiger partial charge in [-0.1, -0.05) is 6.92 Å². The van der Waals surface area contributed by atoms with Crippen LogP contribution in [-0.4, -0.2) is 16.7 Å². The monoisotopic (exact) mass is 269 g/mol. The van der Waals surface area contributed by atoms with Gasteiger partial charge in [0, 0.05) is 24.0 Å². The van der Waals surface area contributed by atoms with Gasteiger partial charge in [-0.15, -0.1) is 11.3 Å². The number of nitrogens with zero attached hydrogens (tertiary/aromatic N) is 1. The highest BCUT2D eigenvalue weighted by Crippen LogP contribution is 2.24. The van der Waals surface area contributed by atoms with Gasteiger partial charge >= 0.3 is 0 Å². The molecule has 0 aliphatic heterocycles. The molecule has 2 nitrogen and oxygen atoms in total. The Morgan fingerprint density at radius 3 is 2.78 bits per heavy atom. The third-order valence-corrected chi connectivity index (χ3v) is 3.47. The van der Waals surface area contributed by atoms with E-state index in [1.54, 1.807) is 0 Å². The van der Waals surface area contributed by atoms with Gasteiger partial charge in [0.25, 0.3) is 0 Å². The van der Waals surface area contributed by atoms with Crippen LogP contribution in [0.3, 0.4) is 0 Å². The van der Waals surface area contributed by atoms with Crippen LogP contribution in [0.5, 0.6) is 0 Å². The predicted octanol–water partition coefficient (Wildman–Crippen LogP) is 3.26. The summed E-state index contributed by atoms with van der Waals surface area (Å²) in [5.74, 6) is -1.58. The van der Waals surface area contributed by atoms with Gasteiger partial charge in [-0.3, -0.25) is 0 Å². The Kier molecular flexibility index (Phi) is 4.04. The normalized spacial score (nSPS) is 12.7. The molecule has 96 valence electrons. The van der Waals surface area contributed by atoms with Crippen LogP contribution in [0, 0.1) is 17.6 Å². The van der Waals surface area contributed by atoms with Gasteiger partial charge in [0.1, 0.15) is 0 Å². The summed E-state index contributed by atoms with van der Waals surface area (Å²) in [4.78, 5) is 4.36. The Balaban J connectivity index is 2.21. The van der Waals surface area contributed by atoms with Crippen LogP contribution in [-0.2, 0) is 6.42 Å². The zero-order valence-corrected chi connectivity index (χ0v) is 10.7. The maximum absolute atomic E-state index is 13.1. The first kappa shape index (κ1) is 13.1. The quantitative estimate of drug-likeness (QED) is 0.924. The van der Waals surface area contributed by atoms with E-state index in [4.69, 9.17) is 5.11 Å². The van der Waals surface area contributed by atoms with Crippen molar-refractivity contribution < 1.29 is 13.9 Å². The van der Waals surface area contributed by atoms with E-state index in [9.17, 15) is 8.78 Å². The predicted molar refractivity (Wildman–Crippen MR) is 67.4 cm³/mol. The number of hydrogen-bond donors (Lipinski definition) is 1. The second kappa shape index (κ2) is 5.54. The summed E-state index contributed by atoms with van der Waals surface area (Å²) >= 11 is 1.46. The third-order valence-electron chi connectivity index (χ3n) is 2.60. The molecule has 0 saturated carbocycles. The minimum Gasteiger partial charge on any atom is -0.396 e. The fourth-order valence-corrected chi connectivity index (χ4v) is 2.52. The third kappa shape index (κ3) is 2.91. The SMILES string of the molecule is CC(CO)Cc1nc(-c2ccc(F)c(F)c2)cs1.